The maximum absolute atomic E-state index is 5.25. The molecule has 0 aliphatic carbocycles. The van der Waals surface area contributed by atoms with Crippen molar-refractivity contribution in [2.24, 2.45) is 0 Å². The van der Waals surface area contributed by atoms with E-state index >= 15 is 0 Å². The molecule has 0 N–H and O–H groups in total. The Morgan fingerprint density at radius 1 is 0.875 bits per heavy atom. The van der Waals surface area contributed by atoms with Crippen LogP contribution >= 0.6 is 0 Å². The molecule has 0 radical (unpaired) electrons. The Labute approximate surface area is 66.7 Å². The van der Waals surface area contributed by atoms with E-state index in [1.165, 1.54) is 0 Å². The zero-order valence-electron chi connectivity index (χ0n) is 6.06. The summed E-state index contributed by atoms with van der Waals surface area (Å²) in [5.74, 6) is 0. The maximum atomic E-state index is 5.25. The first-order valence-electron chi connectivity index (χ1n) is 2.78. The summed E-state index contributed by atoms with van der Waals surface area (Å²) >= 11 is 0. The van der Waals surface area contributed by atoms with Gasteiger partial charge in [-0.2, -0.15) is 0 Å². The molecule has 2 heteroatoms. The van der Waals surface area contributed by atoms with Gasteiger partial charge in [-0.15, -0.1) is 0 Å². The second kappa shape index (κ2) is 5.80. The fraction of sp³-hybridized carbons (Fsp3) is 1.00. The van der Waals surface area contributed by atoms with Gasteiger partial charge in [-0.25, -0.2) is 0 Å². The molecule has 44 valence electrons. The van der Waals surface area contributed by atoms with E-state index in [1.807, 2.05) is 27.7 Å². The molecule has 0 spiro atoms. The maximum Gasteiger partial charge on any atom is 4.00 e. The summed E-state index contributed by atoms with van der Waals surface area (Å²) in [5.41, 5.74) is 0. The van der Waals surface area contributed by atoms with E-state index in [0.29, 0.717) is 12.2 Å². The van der Waals surface area contributed by atoms with Crippen LogP contribution in [-0.2, 0) is 26.5 Å². The van der Waals surface area contributed by atoms with E-state index in [2.05, 4.69) is 0 Å². The number of rotatable bonds is 2. The molecular weight excluding hydrogens is 136 g/mol. The van der Waals surface area contributed by atoms with Gasteiger partial charge >= 0.3 is 21.7 Å². The van der Waals surface area contributed by atoms with Crippen molar-refractivity contribution in [1.29, 1.82) is 0 Å². The van der Waals surface area contributed by atoms with E-state index < -0.39 is 0 Å². The first-order valence-corrected chi connectivity index (χ1v) is 2.78. The molecule has 0 aliphatic rings. The van der Waals surface area contributed by atoms with Gasteiger partial charge in [0.05, 0.1) is 12.2 Å². The molecule has 0 aromatic carbocycles. The van der Waals surface area contributed by atoms with Gasteiger partial charge in [0.15, 0.2) is 0 Å². The first-order chi connectivity index (χ1) is 3.13. The van der Waals surface area contributed by atoms with Crippen molar-refractivity contribution in [2.75, 3.05) is 0 Å². The van der Waals surface area contributed by atoms with E-state index in [-0.39, 0.29) is 21.7 Å². The van der Waals surface area contributed by atoms with E-state index in [9.17, 15) is 0 Å². The van der Waals surface area contributed by atoms with Gasteiger partial charge in [0.1, 0.15) is 0 Å². The number of hydrogen-bond acceptors (Lipinski definition) is 1. The van der Waals surface area contributed by atoms with E-state index in [4.69, 9.17) is 4.74 Å². The standard InChI is InChI=1S/C6H14O.Ti/c1-5(2)7-6(3)4;/h5-6H,1-4H3;/q;+4. The Kier molecular flexibility index (Phi) is 8.32. The summed E-state index contributed by atoms with van der Waals surface area (Å²) in [7, 11) is 0. The molecule has 0 aromatic rings. The largest absolute Gasteiger partial charge is 4.00 e. The molecule has 0 amide bonds. The van der Waals surface area contributed by atoms with Gasteiger partial charge in [0.25, 0.3) is 0 Å². The fourth-order valence-electron chi connectivity index (χ4n) is 0.544. The molecule has 0 aliphatic heterocycles. The molecule has 1 nitrogen and oxygen atoms in total. The second-order valence-electron chi connectivity index (χ2n) is 2.23. The number of hydrogen-bond donors (Lipinski definition) is 0. The van der Waals surface area contributed by atoms with Gasteiger partial charge in [-0.1, -0.05) is 0 Å². The van der Waals surface area contributed by atoms with Crippen molar-refractivity contribution in [1.82, 2.24) is 0 Å². The smallest absolute Gasteiger partial charge is 0.376 e. The molecule has 0 unspecified atom stereocenters. The predicted octanol–water partition coefficient (Wildman–Crippen LogP) is 1.82. The van der Waals surface area contributed by atoms with Crippen LogP contribution in [0.5, 0.6) is 0 Å². The molecule has 0 bridgehead atoms. The third kappa shape index (κ3) is 9.84. The van der Waals surface area contributed by atoms with Crippen molar-refractivity contribution in [3.05, 3.63) is 0 Å². The summed E-state index contributed by atoms with van der Waals surface area (Å²) in [6.07, 6.45) is 0.750. The molecular formula is C6H14OTi+4. The third-order valence-electron chi connectivity index (χ3n) is 0.544. The van der Waals surface area contributed by atoms with Gasteiger partial charge in [0.2, 0.25) is 0 Å². The number of ether oxygens (including phenoxy) is 1. The van der Waals surface area contributed by atoms with Crippen LogP contribution in [0.2, 0.25) is 0 Å². The monoisotopic (exact) mass is 150 g/mol. The fourth-order valence-corrected chi connectivity index (χ4v) is 0.544. The topological polar surface area (TPSA) is 9.23 Å². The Hall–Kier alpha value is 0.674. The molecule has 0 rings (SSSR count). The van der Waals surface area contributed by atoms with Crippen molar-refractivity contribution in [3.8, 4) is 0 Å². The summed E-state index contributed by atoms with van der Waals surface area (Å²) < 4.78 is 5.25. The van der Waals surface area contributed by atoms with Gasteiger partial charge < -0.3 is 4.74 Å². The van der Waals surface area contributed by atoms with Crippen LogP contribution in [0.25, 0.3) is 0 Å². The van der Waals surface area contributed by atoms with Crippen LogP contribution in [0, 0.1) is 0 Å². The Morgan fingerprint density at radius 3 is 1.12 bits per heavy atom. The second-order valence-corrected chi connectivity index (χ2v) is 2.23. The molecule has 0 atom stereocenters. The van der Waals surface area contributed by atoms with Crippen LogP contribution in [0.3, 0.4) is 0 Å². The molecule has 0 saturated heterocycles. The molecule has 0 saturated carbocycles. The normalized spacial score (nSPS) is 9.75. The summed E-state index contributed by atoms with van der Waals surface area (Å²) in [6.45, 7) is 8.17. The minimum absolute atomic E-state index is 0. The van der Waals surface area contributed by atoms with Crippen LogP contribution in [-0.4, -0.2) is 12.2 Å². The van der Waals surface area contributed by atoms with Crippen molar-refractivity contribution < 1.29 is 26.5 Å². The third-order valence-corrected chi connectivity index (χ3v) is 0.544. The first kappa shape index (κ1) is 11.5. The van der Waals surface area contributed by atoms with E-state index in [0.717, 1.165) is 0 Å². The van der Waals surface area contributed by atoms with Gasteiger partial charge in [-0.05, 0) is 27.7 Å². The zero-order chi connectivity index (χ0) is 5.86. The molecule has 8 heavy (non-hydrogen) atoms. The van der Waals surface area contributed by atoms with Crippen LogP contribution in [0.1, 0.15) is 27.7 Å². The van der Waals surface area contributed by atoms with Crippen LogP contribution in [0.4, 0.5) is 0 Å². The molecule has 0 heterocycles. The van der Waals surface area contributed by atoms with Crippen LogP contribution < -0.4 is 0 Å². The average Bonchev–Trinajstić information content (AvgIpc) is 1.27. The average molecular weight is 150 g/mol. The summed E-state index contributed by atoms with van der Waals surface area (Å²) in [6, 6.07) is 0. The van der Waals surface area contributed by atoms with Crippen LogP contribution in [0.15, 0.2) is 0 Å². The van der Waals surface area contributed by atoms with Crippen molar-refractivity contribution in [2.45, 2.75) is 39.9 Å². The predicted molar refractivity (Wildman–Crippen MR) is 31.4 cm³/mol. The SMILES string of the molecule is CC(C)OC(C)C.[Ti+4]. The minimum Gasteiger partial charge on any atom is -0.376 e. The quantitative estimate of drug-likeness (QED) is 0.545. The van der Waals surface area contributed by atoms with Gasteiger partial charge in [-0.3, -0.25) is 0 Å². The van der Waals surface area contributed by atoms with Gasteiger partial charge in [0, 0.05) is 0 Å². The minimum atomic E-state index is 0. The Morgan fingerprint density at radius 2 is 1.12 bits per heavy atom. The Balaban J connectivity index is 0. The van der Waals surface area contributed by atoms with Crippen molar-refractivity contribution in [3.63, 3.8) is 0 Å². The Bertz CT molecular complexity index is 37.8. The van der Waals surface area contributed by atoms with E-state index in [1.54, 1.807) is 0 Å². The molecule has 0 aromatic heterocycles. The summed E-state index contributed by atoms with van der Waals surface area (Å²) in [4.78, 5) is 0. The van der Waals surface area contributed by atoms with Crippen molar-refractivity contribution >= 4 is 0 Å². The zero-order valence-corrected chi connectivity index (χ0v) is 7.62. The molecule has 0 fully saturated rings. The summed E-state index contributed by atoms with van der Waals surface area (Å²) in [5, 5.41) is 0.